The van der Waals surface area contributed by atoms with Crippen molar-refractivity contribution in [3.8, 4) is 17.2 Å². The van der Waals surface area contributed by atoms with Gasteiger partial charge in [-0.15, -0.1) is 0 Å². The lowest BCUT2D eigenvalue weighted by atomic mass is 10.1. The van der Waals surface area contributed by atoms with E-state index >= 15 is 0 Å². The smallest absolute Gasteiger partial charge is 0.408 e. The summed E-state index contributed by atoms with van der Waals surface area (Å²) in [4.78, 5) is 23.9. The van der Waals surface area contributed by atoms with E-state index in [0.717, 1.165) is 32.2 Å². The predicted octanol–water partition coefficient (Wildman–Crippen LogP) is 6.20. The Morgan fingerprint density at radius 1 is 1.06 bits per heavy atom. The summed E-state index contributed by atoms with van der Waals surface area (Å²) < 4.78 is 25.9. The number of halogens is 4. The predicted molar refractivity (Wildman–Crippen MR) is 164 cm³/mol. The Morgan fingerprint density at radius 2 is 1.57 bits per heavy atom. The standard InChI is InChI=1S/C23H23I4NO7/c1-23(2,3)35-22(31)28-19(21(29)30)8-14-15(24)4-11(5-16(14)25)34-12-6-17(26)20(18(27)7-12)33-10-13-9-32-13/h4-7,13,19H,8-10H2,1-3H3,(H,28,31)(H,29,30). The number of carbonyl (C=O) groups excluding carboxylic acids is 1. The van der Waals surface area contributed by atoms with Crippen LogP contribution in [-0.4, -0.2) is 48.1 Å². The van der Waals surface area contributed by atoms with Gasteiger partial charge in [-0.3, -0.25) is 0 Å². The van der Waals surface area contributed by atoms with E-state index in [1.165, 1.54) is 0 Å². The summed E-state index contributed by atoms with van der Waals surface area (Å²) in [5.74, 6) is 0.970. The normalized spacial score (nSPS) is 15.8. The highest BCUT2D eigenvalue weighted by Gasteiger charge is 2.26. The molecule has 3 rings (SSSR count). The molecule has 0 spiro atoms. The third kappa shape index (κ3) is 9.17. The van der Waals surface area contributed by atoms with Crippen molar-refractivity contribution in [2.75, 3.05) is 13.2 Å². The van der Waals surface area contributed by atoms with Crippen LogP contribution in [0.25, 0.3) is 0 Å². The van der Waals surface area contributed by atoms with Crippen LogP contribution >= 0.6 is 90.4 Å². The number of hydrogen-bond donors (Lipinski definition) is 2. The van der Waals surface area contributed by atoms with Crippen LogP contribution in [0.3, 0.4) is 0 Å². The fraction of sp³-hybridized carbons (Fsp3) is 0.391. The van der Waals surface area contributed by atoms with Gasteiger partial charge in [0, 0.05) is 13.6 Å². The second kappa shape index (κ2) is 12.5. The Balaban J connectivity index is 1.73. The van der Waals surface area contributed by atoms with Crippen LogP contribution in [0.4, 0.5) is 4.79 Å². The fourth-order valence-electron chi connectivity index (χ4n) is 2.90. The molecule has 1 heterocycles. The molecule has 0 radical (unpaired) electrons. The number of aliphatic carboxylic acids is 1. The first kappa shape index (κ1) is 29.2. The quantitative estimate of drug-likeness (QED) is 0.228. The molecule has 8 nitrogen and oxygen atoms in total. The molecule has 1 amide bonds. The van der Waals surface area contributed by atoms with E-state index in [9.17, 15) is 14.7 Å². The number of amides is 1. The highest BCUT2D eigenvalue weighted by molar-refractivity contribution is 14.1. The van der Waals surface area contributed by atoms with Gasteiger partial charge in [-0.25, -0.2) is 9.59 Å². The minimum absolute atomic E-state index is 0.109. The molecule has 2 N–H and O–H groups in total. The Kier molecular flexibility index (Phi) is 10.4. The van der Waals surface area contributed by atoms with Crippen molar-refractivity contribution in [1.29, 1.82) is 0 Å². The Labute approximate surface area is 258 Å². The Bertz CT molecular complexity index is 1070. The third-order valence-corrected chi connectivity index (χ3v) is 8.06. The molecule has 35 heavy (non-hydrogen) atoms. The van der Waals surface area contributed by atoms with Crippen LogP contribution in [0.1, 0.15) is 26.3 Å². The second-order valence-electron chi connectivity index (χ2n) is 8.69. The number of carboxylic acid groups (broad SMARTS) is 1. The SMILES string of the molecule is CC(C)(C)OC(=O)NC(Cc1c(I)cc(Oc2cc(I)c(OCC3CO3)c(I)c2)cc1I)C(=O)O. The molecule has 2 aromatic carbocycles. The zero-order valence-electron chi connectivity index (χ0n) is 19.0. The molecule has 2 unspecified atom stereocenters. The van der Waals surface area contributed by atoms with Gasteiger partial charge in [0.05, 0.1) is 13.7 Å². The number of carbonyl (C=O) groups is 2. The van der Waals surface area contributed by atoms with Crippen LogP contribution in [0.15, 0.2) is 24.3 Å². The zero-order valence-corrected chi connectivity index (χ0v) is 27.6. The lowest BCUT2D eigenvalue weighted by Gasteiger charge is -2.22. The van der Waals surface area contributed by atoms with Gasteiger partial charge in [-0.05, 0) is 141 Å². The van der Waals surface area contributed by atoms with Gasteiger partial charge in [0.2, 0.25) is 0 Å². The average molecular weight is 933 g/mol. The maximum atomic E-state index is 12.1. The van der Waals surface area contributed by atoms with Crippen LogP contribution in [0.2, 0.25) is 0 Å². The molecular formula is C23H23I4NO7. The van der Waals surface area contributed by atoms with Crippen molar-refractivity contribution in [1.82, 2.24) is 5.32 Å². The maximum Gasteiger partial charge on any atom is 0.408 e. The molecule has 1 aliphatic rings. The summed E-state index contributed by atoms with van der Waals surface area (Å²) in [6, 6.07) is 6.38. The van der Waals surface area contributed by atoms with Crippen LogP contribution in [-0.2, 0) is 20.7 Å². The molecule has 12 heteroatoms. The molecule has 1 aliphatic heterocycles. The van der Waals surface area contributed by atoms with Gasteiger partial charge in [-0.2, -0.15) is 0 Å². The van der Waals surface area contributed by atoms with Gasteiger partial charge in [0.25, 0.3) is 0 Å². The lowest BCUT2D eigenvalue weighted by molar-refractivity contribution is -0.139. The fourth-order valence-corrected chi connectivity index (χ4v) is 7.07. The highest BCUT2D eigenvalue weighted by Crippen LogP contribution is 2.36. The number of nitrogens with one attached hydrogen (secondary N) is 1. The topological polar surface area (TPSA) is 107 Å². The minimum atomic E-state index is -1.14. The minimum Gasteiger partial charge on any atom is -0.489 e. The molecule has 0 saturated carbocycles. The monoisotopic (exact) mass is 933 g/mol. The Hall–Kier alpha value is -0.340. The van der Waals surface area contributed by atoms with Crippen LogP contribution < -0.4 is 14.8 Å². The summed E-state index contributed by atoms with van der Waals surface area (Å²) in [6.45, 7) is 6.44. The van der Waals surface area contributed by atoms with Gasteiger partial charge in [-0.1, -0.05) is 0 Å². The molecule has 190 valence electrons. The summed E-state index contributed by atoms with van der Waals surface area (Å²) in [6.07, 6.45) is -0.478. The van der Waals surface area contributed by atoms with Crippen molar-refractivity contribution in [2.45, 2.75) is 44.9 Å². The number of benzene rings is 2. The largest absolute Gasteiger partial charge is 0.489 e. The van der Waals surface area contributed by atoms with Crippen LogP contribution in [0.5, 0.6) is 17.2 Å². The highest BCUT2D eigenvalue weighted by atomic mass is 127. The summed E-state index contributed by atoms with van der Waals surface area (Å²) in [7, 11) is 0. The zero-order chi connectivity index (χ0) is 25.9. The van der Waals surface area contributed by atoms with E-state index in [4.69, 9.17) is 18.9 Å². The number of rotatable bonds is 9. The lowest BCUT2D eigenvalue weighted by Crippen LogP contribution is -2.44. The van der Waals surface area contributed by atoms with Gasteiger partial charge < -0.3 is 29.4 Å². The van der Waals surface area contributed by atoms with E-state index in [1.54, 1.807) is 20.8 Å². The van der Waals surface area contributed by atoms with Gasteiger partial charge in [0.15, 0.2) is 0 Å². The number of carboxylic acids is 1. The number of alkyl carbamates (subject to hydrolysis) is 1. The van der Waals surface area contributed by atoms with E-state index in [2.05, 4.69) is 95.7 Å². The Morgan fingerprint density at radius 3 is 2.03 bits per heavy atom. The van der Waals surface area contributed by atoms with E-state index < -0.39 is 23.7 Å². The second-order valence-corrected chi connectivity index (χ2v) is 13.3. The molecule has 1 saturated heterocycles. The average Bonchev–Trinajstić information content (AvgIpc) is 3.52. The van der Waals surface area contributed by atoms with E-state index in [0.29, 0.717) is 18.1 Å². The third-order valence-electron chi connectivity index (χ3n) is 4.54. The summed E-state index contributed by atoms with van der Waals surface area (Å²) in [5, 5.41) is 12.1. The first-order chi connectivity index (χ1) is 16.3. The number of hydrogen-bond acceptors (Lipinski definition) is 6. The molecule has 2 aromatic rings. The van der Waals surface area contributed by atoms with Crippen molar-refractivity contribution < 1.29 is 33.6 Å². The summed E-state index contributed by atoms with van der Waals surface area (Å²) >= 11 is 8.75. The van der Waals surface area contributed by atoms with E-state index in [-0.39, 0.29) is 12.5 Å². The van der Waals surface area contributed by atoms with Gasteiger partial charge in [0.1, 0.15) is 41.6 Å². The molecule has 0 aromatic heterocycles. The van der Waals surface area contributed by atoms with E-state index in [1.807, 2.05) is 24.3 Å². The first-order valence-electron chi connectivity index (χ1n) is 10.4. The molecular weight excluding hydrogens is 910 g/mol. The molecule has 0 bridgehead atoms. The van der Waals surface area contributed by atoms with Crippen molar-refractivity contribution in [3.63, 3.8) is 0 Å². The first-order valence-corrected chi connectivity index (χ1v) is 14.8. The maximum absolute atomic E-state index is 12.1. The van der Waals surface area contributed by atoms with Crippen molar-refractivity contribution in [2.24, 2.45) is 0 Å². The van der Waals surface area contributed by atoms with Gasteiger partial charge >= 0.3 is 12.1 Å². The number of ether oxygens (including phenoxy) is 4. The van der Waals surface area contributed by atoms with Crippen molar-refractivity contribution in [3.05, 3.63) is 44.1 Å². The van der Waals surface area contributed by atoms with Crippen LogP contribution in [0, 0.1) is 14.3 Å². The summed E-state index contributed by atoms with van der Waals surface area (Å²) in [5.41, 5.74) is 0.0813. The molecule has 2 atom stereocenters. The number of epoxide rings is 1. The molecule has 0 aliphatic carbocycles. The molecule has 1 fully saturated rings. The van der Waals surface area contributed by atoms with Crippen molar-refractivity contribution >= 4 is 102 Å².